The number of halogens is 1. The van der Waals surface area contributed by atoms with Gasteiger partial charge in [0.15, 0.2) is 0 Å². The summed E-state index contributed by atoms with van der Waals surface area (Å²) in [6.45, 7) is 4.18. The zero-order valence-electron chi connectivity index (χ0n) is 12.5. The van der Waals surface area contributed by atoms with Crippen molar-refractivity contribution in [1.82, 2.24) is 9.03 Å². The first-order chi connectivity index (χ1) is 10.8. The van der Waals surface area contributed by atoms with Crippen LogP contribution in [0.25, 0.3) is 0 Å². The number of nitrogens with one attached hydrogen (secondary N) is 1. The second-order valence-corrected chi connectivity index (χ2v) is 9.83. The lowest BCUT2D eigenvalue weighted by molar-refractivity contribution is 0.267. The van der Waals surface area contributed by atoms with Gasteiger partial charge in [0.2, 0.25) is 20.0 Å². The van der Waals surface area contributed by atoms with Gasteiger partial charge in [-0.25, -0.2) is 21.6 Å². The van der Waals surface area contributed by atoms with E-state index in [-0.39, 0.29) is 17.4 Å². The zero-order chi connectivity index (χ0) is 17.1. The molecule has 0 amide bonds. The summed E-state index contributed by atoms with van der Waals surface area (Å²) in [6, 6.07) is 6.68. The Morgan fingerprint density at radius 1 is 1.30 bits per heavy atom. The normalized spacial score (nSPS) is 20.3. The van der Waals surface area contributed by atoms with Gasteiger partial charge in [-0.05, 0) is 46.8 Å². The molecule has 1 aromatic rings. The van der Waals surface area contributed by atoms with Crippen molar-refractivity contribution in [2.75, 3.05) is 19.6 Å². The fourth-order valence-electron chi connectivity index (χ4n) is 2.50. The molecular formula is C14H19BrN2O4S2. The van der Waals surface area contributed by atoms with Crippen LogP contribution in [0.3, 0.4) is 0 Å². The smallest absolute Gasteiger partial charge is 0.211 e. The Morgan fingerprint density at radius 2 is 2.00 bits per heavy atom. The van der Waals surface area contributed by atoms with Crippen LogP contribution in [0.15, 0.2) is 45.6 Å². The second kappa shape index (κ2) is 7.43. The van der Waals surface area contributed by atoms with Crippen LogP contribution in [0.4, 0.5) is 0 Å². The molecule has 1 aromatic carbocycles. The number of hydrogen-bond donors (Lipinski definition) is 1. The largest absolute Gasteiger partial charge is 0.244 e. The topological polar surface area (TPSA) is 83.6 Å². The lowest BCUT2D eigenvalue weighted by Gasteiger charge is -2.32. The zero-order valence-corrected chi connectivity index (χ0v) is 15.7. The predicted molar refractivity (Wildman–Crippen MR) is 92.7 cm³/mol. The van der Waals surface area contributed by atoms with E-state index in [0.29, 0.717) is 24.0 Å². The molecule has 1 N–H and O–H groups in total. The van der Waals surface area contributed by atoms with E-state index in [1.165, 1.54) is 4.31 Å². The lowest BCUT2D eigenvalue weighted by Crippen LogP contribution is -2.43. The molecule has 1 aliphatic rings. The van der Waals surface area contributed by atoms with Gasteiger partial charge in [-0.2, -0.15) is 4.31 Å². The van der Waals surface area contributed by atoms with Crippen molar-refractivity contribution >= 4 is 36.0 Å². The van der Waals surface area contributed by atoms with Crippen molar-refractivity contribution in [2.24, 2.45) is 5.92 Å². The summed E-state index contributed by atoms with van der Waals surface area (Å²) in [5, 5.41) is 0.853. The maximum absolute atomic E-state index is 12.8. The highest BCUT2D eigenvalue weighted by Gasteiger charge is 2.31. The van der Waals surface area contributed by atoms with Gasteiger partial charge < -0.3 is 0 Å². The van der Waals surface area contributed by atoms with Gasteiger partial charge in [-0.15, -0.1) is 0 Å². The maximum atomic E-state index is 12.8. The van der Waals surface area contributed by atoms with E-state index in [0.717, 1.165) is 11.8 Å². The Kier molecular flexibility index (Phi) is 6.01. The Labute approximate surface area is 145 Å². The average molecular weight is 423 g/mol. The standard InChI is InChI=1S/C14H19BrN2O4S2/c1-2-22(18,19)16-10-12-6-5-9-17(11-12)23(20,21)14-8-4-3-7-13(14)15/h2-4,7-8,12,16H,1,5-6,9-11H2. The summed E-state index contributed by atoms with van der Waals surface area (Å²) < 4.78 is 52.7. The van der Waals surface area contributed by atoms with E-state index in [1.54, 1.807) is 24.3 Å². The molecule has 0 bridgehead atoms. The Bertz CT molecular complexity index is 778. The van der Waals surface area contributed by atoms with E-state index < -0.39 is 20.0 Å². The van der Waals surface area contributed by atoms with Crippen LogP contribution < -0.4 is 4.72 Å². The summed E-state index contributed by atoms with van der Waals surface area (Å²) in [4.78, 5) is 0.229. The molecule has 1 aliphatic heterocycles. The van der Waals surface area contributed by atoms with Gasteiger partial charge in [0.05, 0.1) is 4.90 Å². The van der Waals surface area contributed by atoms with Crippen LogP contribution >= 0.6 is 15.9 Å². The maximum Gasteiger partial charge on any atom is 0.244 e. The molecule has 1 saturated heterocycles. The average Bonchev–Trinajstić information content (AvgIpc) is 2.53. The molecular weight excluding hydrogens is 404 g/mol. The number of piperidine rings is 1. The molecule has 0 aromatic heterocycles. The first-order valence-corrected chi connectivity index (χ1v) is 10.9. The Balaban J connectivity index is 2.12. The Morgan fingerprint density at radius 3 is 2.65 bits per heavy atom. The van der Waals surface area contributed by atoms with Crippen molar-refractivity contribution in [3.63, 3.8) is 0 Å². The Hall–Kier alpha value is -0.740. The number of hydrogen-bond acceptors (Lipinski definition) is 4. The minimum Gasteiger partial charge on any atom is -0.211 e. The molecule has 1 heterocycles. The number of rotatable bonds is 6. The van der Waals surface area contributed by atoms with E-state index in [2.05, 4.69) is 27.2 Å². The first kappa shape index (κ1) is 18.6. The summed E-state index contributed by atoms with van der Waals surface area (Å²) in [7, 11) is -7.09. The lowest BCUT2D eigenvalue weighted by atomic mass is 10.0. The molecule has 1 fully saturated rings. The summed E-state index contributed by atoms with van der Waals surface area (Å²) in [6.07, 6.45) is 1.48. The third kappa shape index (κ3) is 4.63. The fraction of sp³-hybridized carbons (Fsp3) is 0.429. The second-order valence-electron chi connectivity index (χ2n) is 5.36. The minimum absolute atomic E-state index is 0.0595. The monoisotopic (exact) mass is 422 g/mol. The van der Waals surface area contributed by atoms with E-state index in [9.17, 15) is 16.8 Å². The van der Waals surface area contributed by atoms with Crippen LogP contribution in [0.5, 0.6) is 0 Å². The third-order valence-corrected chi connectivity index (χ3v) is 7.61. The molecule has 1 atom stereocenters. The van der Waals surface area contributed by atoms with Gasteiger partial charge in [0, 0.05) is 29.5 Å². The molecule has 9 heteroatoms. The number of nitrogens with zero attached hydrogens (tertiary/aromatic N) is 1. The third-order valence-electron chi connectivity index (χ3n) is 3.73. The van der Waals surface area contributed by atoms with Crippen LogP contribution in [-0.4, -0.2) is 40.8 Å². The molecule has 128 valence electrons. The molecule has 0 aliphatic carbocycles. The summed E-state index contributed by atoms with van der Waals surface area (Å²) >= 11 is 3.27. The van der Waals surface area contributed by atoms with Gasteiger partial charge in [0.1, 0.15) is 0 Å². The highest BCUT2D eigenvalue weighted by Crippen LogP contribution is 2.28. The molecule has 23 heavy (non-hydrogen) atoms. The van der Waals surface area contributed by atoms with Crippen LogP contribution in [0, 0.1) is 5.92 Å². The molecule has 0 spiro atoms. The van der Waals surface area contributed by atoms with Crippen molar-refractivity contribution in [2.45, 2.75) is 17.7 Å². The molecule has 6 nitrogen and oxygen atoms in total. The van der Waals surface area contributed by atoms with E-state index in [1.807, 2.05) is 0 Å². The SMILES string of the molecule is C=CS(=O)(=O)NCC1CCCN(S(=O)(=O)c2ccccc2Br)C1. The minimum atomic E-state index is -3.60. The molecule has 2 rings (SSSR count). The molecule has 0 saturated carbocycles. The van der Waals surface area contributed by atoms with Gasteiger partial charge in [0.25, 0.3) is 0 Å². The van der Waals surface area contributed by atoms with Crippen LogP contribution in [0.2, 0.25) is 0 Å². The van der Waals surface area contributed by atoms with Crippen molar-refractivity contribution < 1.29 is 16.8 Å². The molecule has 1 unspecified atom stereocenters. The quantitative estimate of drug-likeness (QED) is 0.758. The van der Waals surface area contributed by atoms with Gasteiger partial charge in [-0.1, -0.05) is 18.7 Å². The number of sulfonamides is 2. The van der Waals surface area contributed by atoms with Gasteiger partial charge >= 0.3 is 0 Å². The van der Waals surface area contributed by atoms with Crippen molar-refractivity contribution in [3.8, 4) is 0 Å². The van der Waals surface area contributed by atoms with Crippen LogP contribution in [0.1, 0.15) is 12.8 Å². The number of benzene rings is 1. The van der Waals surface area contributed by atoms with Gasteiger partial charge in [-0.3, -0.25) is 0 Å². The predicted octanol–water partition coefficient (Wildman–Crippen LogP) is 1.91. The van der Waals surface area contributed by atoms with E-state index in [4.69, 9.17) is 0 Å². The van der Waals surface area contributed by atoms with E-state index >= 15 is 0 Å². The highest BCUT2D eigenvalue weighted by molar-refractivity contribution is 9.10. The first-order valence-electron chi connectivity index (χ1n) is 7.13. The summed E-state index contributed by atoms with van der Waals surface area (Å²) in [5.74, 6) is -0.0595. The fourth-order valence-corrected chi connectivity index (χ4v) is 5.60. The summed E-state index contributed by atoms with van der Waals surface area (Å²) in [5.41, 5.74) is 0. The highest BCUT2D eigenvalue weighted by atomic mass is 79.9. The van der Waals surface area contributed by atoms with Crippen LogP contribution in [-0.2, 0) is 20.0 Å². The van der Waals surface area contributed by atoms with Crippen molar-refractivity contribution in [3.05, 3.63) is 40.7 Å². The van der Waals surface area contributed by atoms with Crippen molar-refractivity contribution in [1.29, 1.82) is 0 Å². The molecule has 0 radical (unpaired) electrons.